The third-order valence-corrected chi connectivity index (χ3v) is 3.49. The molecule has 1 aromatic heterocycles. The van der Waals surface area contributed by atoms with Crippen molar-refractivity contribution in [2.75, 3.05) is 11.9 Å². The number of hydrogen-bond acceptors (Lipinski definition) is 5. The molecule has 136 valence electrons. The molecule has 3 N–H and O–H groups in total. The largest absolute Gasteiger partial charge is 0.484 e. The van der Waals surface area contributed by atoms with Gasteiger partial charge in [0, 0.05) is 29.6 Å². The van der Waals surface area contributed by atoms with Gasteiger partial charge in [0.2, 0.25) is 11.8 Å². The lowest BCUT2D eigenvalue weighted by Crippen LogP contribution is -2.20. The molecule has 27 heavy (non-hydrogen) atoms. The fourth-order valence-electron chi connectivity index (χ4n) is 2.22. The Hall–Kier alpha value is -3.87. The topological polar surface area (TPSA) is 104 Å². The van der Waals surface area contributed by atoms with Gasteiger partial charge in [0.1, 0.15) is 11.5 Å². The van der Waals surface area contributed by atoms with Crippen LogP contribution in [-0.2, 0) is 4.79 Å². The van der Waals surface area contributed by atoms with Gasteiger partial charge in [-0.3, -0.25) is 9.59 Å². The summed E-state index contributed by atoms with van der Waals surface area (Å²) in [6.07, 6.45) is 1.63. The van der Waals surface area contributed by atoms with E-state index in [1.54, 1.807) is 54.7 Å². The molecular weight excluding hydrogens is 346 g/mol. The summed E-state index contributed by atoms with van der Waals surface area (Å²) >= 11 is 0. The molecule has 0 atom stereocenters. The number of anilines is 1. The molecule has 3 aromatic rings. The zero-order chi connectivity index (χ0) is 19.1. The molecule has 0 bridgehead atoms. The summed E-state index contributed by atoms with van der Waals surface area (Å²) in [5.74, 6) is 0.644. The summed E-state index contributed by atoms with van der Waals surface area (Å²) < 4.78 is 11.1. The van der Waals surface area contributed by atoms with Gasteiger partial charge in [-0.15, -0.1) is 0 Å². The lowest BCUT2D eigenvalue weighted by atomic mass is 10.2. The SMILES string of the molecule is NC(=O)c1ccc(NC(=O)COc2cccc(Oc3ccccn3)c2)cc1. The van der Waals surface area contributed by atoms with Gasteiger partial charge in [0.05, 0.1) is 0 Å². The van der Waals surface area contributed by atoms with Crippen molar-refractivity contribution in [2.45, 2.75) is 0 Å². The molecule has 3 rings (SSSR count). The second-order valence-corrected chi connectivity index (χ2v) is 5.52. The molecule has 0 saturated carbocycles. The van der Waals surface area contributed by atoms with Crippen molar-refractivity contribution in [3.05, 3.63) is 78.5 Å². The molecule has 0 aliphatic rings. The normalized spacial score (nSPS) is 10.1. The van der Waals surface area contributed by atoms with Crippen LogP contribution in [0.1, 0.15) is 10.4 Å². The number of pyridine rings is 1. The number of benzene rings is 2. The van der Waals surface area contributed by atoms with E-state index >= 15 is 0 Å². The highest BCUT2D eigenvalue weighted by molar-refractivity contribution is 5.95. The first-order valence-electron chi connectivity index (χ1n) is 8.11. The predicted octanol–water partition coefficient (Wildman–Crippen LogP) is 2.99. The number of rotatable bonds is 7. The molecule has 0 radical (unpaired) electrons. The second kappa shape index (κ2) is 8.48. The van der Waals surface area contributed by atoms with Crippen LogP contribution < -0.4 is 20.5 Å². The minimum atomic E-state index is -0.524. The smallest absolute Gasteiger partial charge is 0.262 e. The third-order valence-electron chi connectivity index (χ3n) is 3.49. The van der Waals surface area contributed by atoms with E-state index in [4.69, 9.17) is 15.2 Å². The van der Waals surface area contributed by atoms with Gasteiger partial charge in [0.15, 0.2) is 6.61 Å². The van der Waals surface area contributed by atoms with Gasteiger partial charge in [-0.2, -0.15) is 0 Å². The first-order chi connectivity index (χ1) is 13.1. The molecule has 0 unspecified atom stereocenters. The fourth-order valence-corrected chi connectivity index (χ4v) is 2.22. The Morgan fingerprint density at radius 3 is 2.44 bits per heavy atom. The number of nitrogens with two attached hydrogens (primary N) is 1. The minimum Gasteiger partial charge on any atom is -0.484 e. The predicted molar refractivity (Wildman–Crippen MR) is 99.8 cm³/mol. The number of carbonyl (C=O) groups excluding carboxylic acids is 2. The molecule has 0 saturated heterocycles. The van der Waals surface area contributed by atoms with Gasteiger partial charge < -0.3 is 20.5 Å². The van der Waals surface area contributed by atoms with E-state index in [9.17, 15) is 9.59 Å². The average Bonchev–Trinajstić information content (AvgIpc) is 2.68. The number of ether oxygens (including phenoxy) is 2. The zero-order valence-corrected chi connectivity index (χ0v) is 14.3. The Morgan fingerprint density at radius 2 is 1.74 bits per heavy atom. The summed E-state index contributed by atoms with van der Waals surface area (Å²) in [6, 6.07) is 18.5. The van der Waals surface area contributed by atoms with Crippen molar-refractivity contribution in [1.82, 2.24) is 4.98 Å². The number of primary amides is 1. The molecule has 2 aromatic carbocycles. The summed E-state index contributed by atoms with van der Waals surface area (Å²) in [5.41, 5.74) is 6.09. The first-order valence-corrected chi connectivity index (χ1v) is 8.11. The molecule has 1 heterocycles. The Labute approximate surface area is 155 Å². The average molecular weight is 363 g/mol. The molecular formula is C20H17N3O4. The number of hydrogen-bond donors (Lipinski definition) is 2. The monoisotopic (exact) mass is 363 g/mol. The maximum absolute atomic E-state index is 12.0. The van der Waals surface area contributed by atoms with Crippen molar-refractivity contribution in [2.24, 2.45) is 5.73 Å². The van der Waals surface area contributed by atoms with E-state index < -0.39 is 5.91 Å². The number of carbonyl (C=O) groups is 2. The number of nitrogens with one attached hydrogen (secondary N) is 1. The first kappa shape index (κ1) is 17.9. The maximum atomic E-state index is 12.0. The fraction of sp³-hybridized carbons (Fsp3) is 0.0500. The van der Waals surface area contributed by atoms with E-state index in [0.29, 0.717) is 28.6 Å². The van der Waals surface area contributed by atoms with E-state index in [-0.39, 0.29) is 12.5 Å². The van der Waals surface area contributed by atoms with Crippen molar-refractivity contribution in [1.29, 1.82) is 0 Å². The van der Waals surface area contributed by atoms with Crippen molar-refractivity contribution < 1.29 is 19.1 Å². The van der Waals surface area contributed by atoms with E-state index in [0.717, 1.165) is 0 Å². The van der Waals surface area contributed by atoms with Crippen molar-refractivity contribution >= 4 is 17.5 Å². The van der Waals surface area contributed by atoms with Crippen LogP contribution >= 0.6 is 0 Å². The molecule has 7 nitrogen and oxygen atoms in total. The van der Waals surface area contributed by atoms with Crippen LogP contribution in [0.4, 0.5) is 5.69 Å². The summed E-state index contributed by atoms with van der Waals surface area (Å²) in [5, 5.41) is 2.68. The summed E-state index contributed by atoms with van der Waals surface area (Å²) in [7, 11) is 0. The van der Waals surface area contributed by atoms with Gasteiger partial charge in [-0.05, 0) is 42.5 Å². The number of aromatic nitrogens is 1. The van der Waals surface area contributed by atoms with Crippen LogP contribution in [0.3, 0.4) is 0 Å². The Morgan fingerprint density at radius 1 is 0.963 bits per heavy atom. The van der Waals surface area contributed by atoms with E-state index in [1.165, 1.54) is 12.1 Å². The van der Waals surface area contributed by atoms with Crippen LogP contribution in [0, 0.1) is 0 Å². The van der Waals surface area contributed by atoms with Crippen LogP contribution in [0.2, 0.25) is 0 Å². The lowest BCUT2D eigenvalue weighted by Gasteiger charge is -2.09. The van der Waals surface area contributed by atoms with Crippen LogP contribution in [-0.4, -0.2) is 23.4 Å². The van der Waals surface area contributed by atoms with Gasteiger partial charge in [0.25, 0.3) is 5.91 Å². The third kappa shape index (κ3) is 5.30. The molecule has 0 aliphatic heterocycles. The molecule has 0 spiro atoms. The lowest BCUT2D eigenvalue weighted by molar-refractivity contribution is -0.118. The van der Waals surface area contributed by atoms with E-state index in [1.807, 2.05) is 6.07 Å². The van der Waals surface area contributed by atoms with Crippen LogP contribution in [0.15, 0.2) is 72.9 Å². The summed E-state index contributed by atoms with van der Waals surface area (Å²) in [4.78, 5) is 27.1. The number of nitrogens with zero attached hydrogens (tertiary/aromatic N) is 1. The maximum Gasteiger partial charge on any atom is 0.262 e. The highest BCUT2D eigenvalue weighted by Crippen LogP contribution is 2.23. The Balaban J connectivity index is 1.54. The van der Waals surface area contributed by atoms with Gasteiger partial charge in [-0.25, -0.2) is 4.98 Å². The minimum absolute atomic E-state index is 0.176. The van der Waals surface area contributed by atoms with Crippen molar-refractivity contribution in [3.8, 4) is 17.4 Å². The molecule has 7 heteroatoms. The van der Waals surface area contributed by atoms with Crippen LogP contribution in [0.5, 0.6) is 17.4 Å². The second-order valence-electron chi connectivity index (χ2n) is 5.52. The highest BCUT2D eigenvalue weighted by Gasteiger charge is 2.06. The quantitative estimate of drug-likeness (QED) is 0.672. The standard InChI is InChI=1S/C20H17N3O4/c21-20(25)14-7-9-15(10-8-14)23-18(24)13-26-16-4-3-5-17(12-16)27-19-6-1-2-11-22-19/h1-12H,13H2,(H2,21,25)(H,23,24). The highest BCUT2D eigenvalue weighted by atomic mass is 16.5. The molecule has 2 amide bonds. The molecule has 0 aliphatic carbocycles. The molecule has 0 fully saturated rings. The Kier molecular flexibility index (Phi) is 5.64. The van der Waals surface area contributed by atoms with Crippen LogP contribution in [0.25, 0.3) is 0 Å². The zero-order valence-electron chi connectivity index (χ0n) is 14.3. The summed E-state index contributed by atoms with van der Waals surface area (Å²) in [6.45, 7) is -0.176. The Bertz CT molecular complexity index is 927. The van der Waals surface area contributed by atoms with Crippen molar-refractivity contribution in [3.63, 3.8) is 0 Å². The number of amides is 2. The van der Waals surface area contributed by atoms with Gasteiger partial charge >= 0.3 is 0 Å². The van der Waals surface area contributed by atoms with E-state index in [2.05, 4.69) is 10.3 Å². The van der Waals surface area contributed by atoms with Gasteiger partial charge in [-0.1, -0.05) is 12.1 Å².